The van der Waals surface area contributed by atoms with Gasteiger partial charge in [0.2, 0.25) is 0 Å². The maximum atomic E-state index is 6.28. The summed E-state index contributed by atoms with van der Waals surface area (Å²) in [4.78, 5) is 6.37. The fraction of sp³-hybridized carbons (Fsp3) is 0.267. The van der Waals surface area contributed by atoms with E-state index in [-0.39, 0.29) is 6.04 Å². The van der Waals surface area contributed by atoms with Gasteiger partial charge < -0.3 is 10.6 Å². The van der Waals surface area contributed by atoms with Crippen LogP contribution in [0.3, 0.4) is 0 Å². The van der Waals surface area contributed by atoms with Crippen molar-refractivity contribution in [1.29, 1.82) is 0 Å². The van der Waals surface area contributed by atoms with Crippen LogP contribution in [0.5, 0.6) is 0 Å². The molecule has 1 aromatic carbocycles. The Labute approximate surface area is 108 Å². The van der Waals surface area contributed by atoms with Crippen molar-refractivity contribution in [2.45, 2.75) is 13.0 Å². The zero-order valence-corrected chi connectivity index (χ0v) is 11.1. The van der Waals surface area contributed by atoms with Crippen molar-refractivity contribution < 1.29 is 0 Å². The second-order valence-electron chi connectivity index (χ2n) is 4.70. The lowest BCUT2D eigenvalue weighted by atomic mass is 10.0. The van der Waals surface area contributed by atoms with Gasteiger partial charge in [0.05, 0.1) is 6.04 Å². The van der Waals surface area contributed by atoms with Crippen LogP contribution in [0.2, 0.25) is 0 Å². The summed E-state index contributed by atoms with van der Waals surface area (Å²) in [5, 5.41) is 0. The van der Waals surface area contributed by atoms with Gasteiger partial charge in [-0.1, -0.05) is 18.2 Å². The van der Waals surface area contributed by atoms with Gasteiger partial charge in [0, 0.05) is 31.7 Å². The zero-order valence-electron chi connectivity index (χ0n) is 11.1. The van der Waals surface area contributed by atoms with Gasteiger partial charge in [0.25, 0.3) is 0 Å². The molecule has 2 rings (SSSR count). The van der Waals surface area contributed by atoms with Crippen LogP contribution in [0.1, 0.15) is 22.9 Å². The van der Waals surface area contributed by atoms with Gasteiger partial charge in [-0.3, -0.25) is 4.98 Å². The Morgan fingerprint density at radius 1 is 1.11 bits per heavy atom. The van der Waals surface area contributed by atoms with E-state index in [1.807, 2.05) is 45.4 Å². The Morgan fingerprint density at radius 3 is 2.50 bits per heavy atom. The molecule has 1 aromatic heterocycles. The summed E-state index contributed by atoms with van der Waals surface area (Å²) in [6.07, 6.45) is 1.85. The molecule has 0 aliphatic carbocycles. The monoisotopic (exact) mass is 241 g/mol. The molecule has 3 nitrogen and oxygen atoms in total. The summed E-state index contributed by atoms with van der Waals surface area (Å²) in [5.74, 6) is 0. The predicted octanol–water partition coefficient (Wildman–Crippen LogP) is 2.50. The van der Waals surface area contributed by atoms with Crippen molar-refractivity contribution in [1.82, 2.24) is 4.98 Å². The minimum absolute atomic E-state index is 0.127. The number of nitrogens with zero attached hydrogens (tertiary/aromatic N) is 2. The zero-order chi connectivity index (χ0) is 13.1. The fourth-order valence-corrected chi connectivity index (χ4v) is 1.85. The Hall–Kier alpha value is -1.87. The predicted molar refractivity (Wildman–Crippen MR) is 75.8 cm³/mol. The molecule has 0 fully saturated rings. The van der Waals surface area contributed by atoms with Crippen LogP contribution >= 0.6 is 0 Å². The summed E-state index contributed by atoms with van der Waals surface area (Å²) in [6, 6.07) is 12.2. The van der Waals surface area contributed by atoms with E-state index in [1.54, 1.807) is 0 Å². The first-order chi connectivity index (χ1) is 8.58. The van der Waals surface area contributed by atoms with E-state index >= 15 is 0 Å². The van der Waals surface area contributed by atoms with Gasteiger partial charge in [-0.25, -0.2) is 0 Å². The average molecular weight is 241 g/mol. The molecule has 94 valence electrons. The SMILES string of the molecule is Cc1ccc(C(N)c2cccc(N(C)C)c2)cn1. The summed E-state index contributed by atoms with van der Waals surface area (Å²) in [6.45, 7) is 1.97. The number of rotatable bonds is 3. The lowest BCUT2D eigenvalue weighted by molar-refractivity contribution is 0.859. The van der Waals surface area contributed by atoms with Crippen LogP contribution < -0.4 is 10.6 Å². The first-order valence-corrected chi connectivity index (χ1v) is 6.03. The van der Waals surface area contributed by atoms with Gasteiger partial charge >= 0.3 is 0 Å². The minimum Gasteiger partial charge on any atom is -0.378 e. The summed E-state index contributed by atoms with van der Waals surface area (Å²) < 4.78 is 0. The third-order valence-electron chi connectivity index (χ3n) is 3.04. The molecule has 2 aromatic rings. The third-order valence-corrected chi connectivity index (χ3v) is 3.04. The molecule has 0 aliphatic heterocycles. The summed E-state index contributed by atoms with van der Waals surface area (Å²) in [7, 11) is 4.05. The molecular weight excluding hydrogens is 222 g/mol. The molecule has 0 saturated heterocycles. The number of hydrogen-bond donors (Lipinski definition) is 1. The van der Waals surface area contributed by atoms with Crippen LogP contribution in [-0.2, 0) is 0 Å². The second-order valence-corrected chi connectivity index (χ2v) is 4.70. The molecule has 1 atom stereocenters. The number of aromatic nitrogens is 1. The number of anilines is 1. The summed E-state index contributed by atoms with van der Waals surface area (Å²) in [5.41, 5.74) is 10.6. The molecule has 0 aliphatic rings. The van der Waals surface area contributed by atoms with Crippen LogP contribution in [0.25, 0.3) is 0 Å². The number of hydrogen-bond acceptors (Lipinski definition) is 3. The number of pyridine rings is 1. The lowest BCUT2D eigenvalue weighted by Crippen LogP contribution is -2.14. The molecule has 0 radical (unpaired) electrons. The summed E-state index contributed by atoms with van der Waals surface area (Å²) >= 11 is 0. The molecule has 18 heavy (non-hydrogen) atoms. The Balaban J connectivity index is 2.30. The lowest BCUT2D eigenvalue weighted by Gasteiger charge is -2.17. The molecule has 0 spiro atoms. The van der Waals surface area contributed by atoms with Crippen molar-refractivity contribution in [3.05, 3.63) is 59.4 Å². The molecule has 0 amide bonds. The van der Waals surface area contributed by atoms with Crippen molar-refractivity contribution in [3.63, 3.8) is 0 Å². The highest BCUT2D eigenvalue weighted by atomic mass is 15.1. The normalized spacial score (nSPS) is 12.2. The van der Waals surface area contributed by atoms with E-state index in [4.69, 9.17) is 5.73 Å². The van der Waals surface area contributed by atoms with Gasteiger partial charge in [-0.2, -0.15) is 0 Å². The van der Waals surface area contributed by atoms with E-state index in [0.717, 1.165) is 22.5 Å². The van der Waals surface area contributed by atoms with E-state index in [0.29, 0.717) is 0 Å². The van der Waals surface area contributed by atoms with E-state index in [1.165, 1.54) is 0 Å². The molecular formula is C15H19N3. The first kappa shape index (κ1) is 12.6. The largest absolute Gasteiger partial charge is 0.378 e. The van der Waals surface area contributed by atoms with Crippen molar-refractivity contribution in [2.24, 2.45) is 5.73 Å². The van der Waals surface area contributed by atoms with E-state index < -0.39 is 0 Å². The standard InChI is InChI=1S/C15H19N3/c1-11-7-8-13(10-17-11)15(16)12-5-4-6-14(9-12)18(2)3/h4-10,15H,16H2,1-3H3. The Kier molecular flexibility index (Phi) is 3.63. The van der Waals surface area contributed by atoms with E-state index in [2.05, 4.69) is 28.1 Å². The van der Waals surface area contributed by atoms with Gasteiger partial charge in [-0.15, -0.1) is 0 Å². The molecule has 1 unspecified atom stereocenters. The maximum Gasteiger partial charge on any atom is 0.0567 e. The number of aryl methyl sites for hydroxylation is 1. The number of nitrogens with two attached hydrogens (primary N) is 1. The molecule has 1 heterocycles. The van der Waals surface area contributed by atoms with Crippen LogP contribution in [0.4, 0.5) is 5.69 Å². The molecule has 2 N–H and O–H groups in total. The van der Waals surface area contributed by atoms with E-state index in [9.17, 15) is 0 Å². The van der Waals surface area contributed by atoms with Crippen LogP contribution in [0.15, 0.2) is 42.6 Å². The van der Waals surface area contributed by atoms with Crippen molar-refractivity contribution >= 4 is 5.69 Å². The maximum absolute atomic E-state index is 6.28. The highest BCUT2D eigenvalue weighted by molar-refractivity contribution is 5.49. The smallest absolute Gasteiger partial charge is 0.0567 e. The highest BCUT2D eigenvalue weighted by Crippen LogP contribution is 2.22. The molecule has 0 bridgehead atoms. The molecule has 0 saturated carbocycles. The quantitative estimate of drug-likeness (QED) is 0.897. The first-order valence-electron chi connectivity index (χ1n) is 6.03. The van der Waals surface area contributed by atoms with Gasteiger partial charge in [0.1, 0.15) is 0 Å². The highest BCUT2D eigenvalue weighted by Gasteiger charge is 2.10. The second kappa shape index (κ2) is 5.19. The Bertz CT molecular complexity index is 518. The molecule has 3 heteroatoms. The fourth-order valence-electron chi connectivity index (χ4n) is 1.85. The van der Waals surface area contributed by atoms with Crippen molar-refractivity contribution in [2.75, 3.05) is 19.0 Å². The van der Waals surface area contributed by atoms with Crippen molar-refractivity contribution in [3.8, 4) is 0 Å². The van der Waals surface area contributed by atoms with Crippen LogP contribution in [-0.4, -0.2) is 19.1 Å². The topological polar surface area (TPSA) is 42.1 Å². The minimum atomic E-state index is -0.127. The Morgan fingerprint density at radius 2 is 1.89 bits per heavy atom. The van der Waals surface area contributed by atoms with Crippen LogP contribution in [0, 0.1) is 6.92 Å². The number of benzene rings is 1. The third kappa shape index (κ3) is 2.68. The van der Waals surface area contributed by atoms with Gasteiger partial charge in [-0.05, 0) is 36.2 Å². The van der Waals surface area contributed by atoms with Gasteiger partial charge in [0.15, 0.2) is 0 Å². The average Bonchev–Trinajstić information content (AvgIpc) is 2.39.